The minimum Gasteiger partial charge on any atom is -0.347 e. The molecule has 10 nitrogen and oxygen atoms in total. The van der Waals surface area contributed by atoms with Crippen LogP contribution >= 0.6 is 24.0 Å². The monoisotopic (exact) mass is 570 g/mol. The molecule has 2 amide bonds. The molecule has 39 heavy (non-hydrogen) atoms. The molecule has 204 valence electrons. The molecule has 2 fully saturated rings. The van der Waals surface area contributed by atoms with Crippen LogP contribution in [0.25, 0.3) is 10.9 Å². The Bertz CT molecular complexity index is 1600. The van der Waals surface area contributed by atoms with Crippen molar-refractivity contribution < 1.29 is 9.59 Å². The summed E-state index contributed by atoms with van der Waals surface area (Å²) in [6.07, 6.45) is 2.02. The molecule has 1 saturated heterocycles. The fraction of sp³-hybridized carbons (Fsp3) is 0.370. The van der Waals surface area contributed by atoms with E-state index < -0.39 is 17.9 Å². The number of anilines is 1. The van der Waals surface area contributed by atoms with Gasteiger partial charge >= 0.3 is 5.69 Å². The standard InChI is InChI=1S/C27H27ClN6O4.ClH/c1-2-33-23-8-7-18(10-19(23)26(37)34(27(33)38)14-15-3-4-15)31-25(36)20-12-30-13-22(20)32-24(35)16-5-6-17(11-29)21(28)9-16;/h5-10,15,20,22,30H,2-4,12-14H2,1H3,(H,31,36)(H,32,35);1H. The number of hydrogen-bond acceptors (Lipinski definition) is 6. The number of carbonyl (C=O) groups excluding carboxylic acids is 2. The average Bonchev–Trinajstić information content (AvgIpc) is 3.62. The highest BCUT2D eigenvalue weighted by atomic mass is 35.5. The number of hydrogen-bond donors (Lipinski definition) is 3. The van der Waals surface area contributed by atoms with Crippen LogP contribution in [0.5, 0.6) is 0 Å². The number of fused-ring (bicyclic) bond motifs is 1. The van der Waals surface area contributed by atoms with Gasteiger partial charge in [-0.25, -0.2) is 4.79 Å². The predicted octanol–water partition coefficient (Wildman–Crippen LogP) is 2.50. The van der Waals surface area contributed by atoms with Crippen molar-refractivity contribution in [1.82, 2.24) is 19.8 Å². The summed E-state index contributed by atoms with van der Waals surface area (Å²) < 4.78 is 2.88. The summed E-state index contributed by atoms with van der Waals surface area (Å²) >= 11 is 6.06. The summed E-state index contributed by atoms with van der Waals surface area (Å²) in [4.78, 5) is 52.1. The van der Waals surface area contributed by atoms with Crippen molar-refractivity contribution in [1.29, 1.82) is 5.26 Å². The molecule has 1 aliphatic heterocycles. The number of nitriles is 1. The summed E-state index contributed by atoms with van der Waals surface area (Å²) in [5, 5.41) is 18.5. The van der Waals surface area contributed by atoms with Gasteiger partial charge in [0, 0.05) is 37.4 Å². The van der Waals surface area contributed by atoms with Crippen LogP contribution in [0, 0.1) is 23.2 Å². The van der Waals surface area contributed by atoms with Crippen molar-refractivity contribution >= 4 is 52.4 Å². The summed E-state index contributed by atoms with van der Waals surface area (Å²) in [5.74, 6) is -0.907. The highest BCUT2D eigenvalue weighted by Gasteiger charge is 2.34. The van der Waals surface area contributed by atoms with Crippen LogP contribution < -0.4 is 27.2 Å². The predicted molar refractivity (Wildman–Crippen MR) is 151 cm³/mol. The first kappa shape index (κ1) is 28.4. The summed E-state index contributed by atoms with van der Waals surface area (Å²) in [7, 11) is 0. The number of nitrogens with zero attached hydrogens (tertiary/aromatic N) is 3. The van der Waals surface area contributed by atoms with Gasteiger partial charge in [0.2, 0.25) is 5.91 Å². The average molecular weight is 571 g/mol. The van der Waals surface area contributed by atoms with E-state index in [1.165, 1.54) is 22.8 Å². The zero-order valence-electron chi connectivity index (χ0n) is 21.2. The zero-order valence-corrected chi connectivity index (χ0v) is 22.8. The highest BCUT2D eigenvalue weighted by Crippen LogP contribution is 2.30. The zero-order chi connectivity index (χ0) is 27.0. The van der Waals surface area contributed by atoms with Crippen LogP contribution in [-0.2, 0) is 17.9 Å². The topological polar surface area (TPSA) is 138 Å². The molecule has 0 radical (unpaired) electrons. The highest BCUT2D eigenvalue weighted by molar-refractivity contribution is 6.32. The van der Waals surface area contributed by atoms with E-state index in [0.29, 0.717) is 54.3 Å². The number of aromatic nitrogens is 2. The van der Waals surface area contributed by atoms with E-state index in [1.54, 1.807) is 22.8 Å². The Morgan fingerprint density at radius 2 is 1.90 bits per heavy atom. The third kappa shape index (κ3) is 5.71. The molecule has 0 spiro atoms. The minimum atomic E-state index is -0.556. The molecule has 2 atom stereocenters. The number of benzene rings is 2. The molecule has 5 rings (SSSR count). The van der Waals surface area contributed by atoms with Gasteiger partial charge in [-0.2, -0.15) is 5.26 Å². The second-order valence-electron chi connectivity index (χ2n) is 9.76. The van der Waals surface area contributed by atoms with Crippen LogP contribution in [0.1, 0.15) is 35.7 Å². The van der Waals surface area contributed by atoms with E-state index >= 15 is 0 Å². The molecule has 2 aromatic carbocycles. The Kier molecular flexibility index (Phi) is 8.45. The van der Waals surface area contributed by atoms with Crippen molar-refractivity contribution in [3.05, 3.63) is 73.4 Å². The van der Waals surface area contributed by atoms with Crippen molar-refractivity contribution in [2.45, 2.75) is 38.9 Å². The number of rotatable bonds is 7. The summed E-state index contributed by atoms with van der Waals surface area (Å²) in [5.41, 5.74) is 0.864. The Hall–Kier alpha value is -3.65. The molecular weight excluding hydrogens is 543 g/mol. The minimum absolute atomic E-state index is 0. The molecule has 12 heteroatoms. The van der Waals surface area contributed by atoms with Crippen LogP contribution in [-0.4, -0.2) is 40.1 Å². The Morgan fingerprint density at radius 1 is 1.13 bits per heavy atom. The van der Waals surface area contributed by atoms with E-state index in [0.717, 1.165) is 12.8 Å². The quantitative estimate of drug-likeness (QED) is 0.399. The van der Waals surface area contributed by atoms with Crippen LogP contribution in [0.3, 0.4) is 0 Å². The molecule has 1 aliphatic carbocycles. The van der Waals surface area contributed by atoms with Crippen LogP contribution in [0.4, 0.5) is 5.69 Å². The Labute approximate surface area is 235 Å². The van der Waals surface area contributed by atoms with Gasteiger partial charge in [-0.1, -0.05) is 11.6 Å². The molecule has 2 aliphatic rings. The van der Waals surface area contributed by atoms with Crippen molar-refractivity contribution in [2.24, 2.45) is 11.8 Å². The second-order valence-corrected chi connectivity index (χ2v) is 10.2. The van der Waals surface area contributed by atoms with Crippen LogP contribution in [0.15, 0.2) is 46.0 Å². The maximum atomic E-state index is 13.2. The molecule has 1 saturated carbocycles. The maximum absolute atomic E-state index is 13.2. The lowest BCUT2D eigenvalue weighted by molar-refractivity contribution is -0.119. The van der Waals surface area contributed by atoms with E-state index in [4.69, 9.17) is 16.9 Å². The van der Waals surface area contributed by atoms with Gasteiger partial charge in [0.15, 0.2) is 0 Å². The van der Waals surface area contributed by atoms with Gasteiger partial charge in [-0.3, -0.25) is 23.5 Å². The van der Waals surface area contributed by atoms with E-state index in [9.17, 15) is 19.2 Å². The third-order valence-electron chi connectivity index (χ3n) is 7.17. The number of amides is 2. The fourth-order valence-corrected chi connectivity index (χ4v) is 5.09. The van der Waals surface area contributed by atoms with Gasteiger partial charge < -0.3 is 16.0 Å². The molecule has 1 aromatic heterocycles. The first-order valence-corrected chi connectivity index (χ1v) is 13.0. The second kappa shape index (κ2) is 11.6. The first-order valence-electron chi connectivity index (χ1n) is 12.6. The van der Waals surface area contributed by atoms with Crippen molar-refractivity contribution in [3.8, 4) is 6.07 Å². The van der Waals surface area contributed by atoms with Gasteiger partial charge in [-0.15, -0.1) is 12.4 Å². The maximum Gasteiger partial charge on any atom is 0.331 e. The van der Waals surface area contributed by atoms with Crippen molar-refractivity contribution in [2.75, 3.05) is 18.4 Å². The van der Waals surface area contributed by atoms with E-state index in [-0.39, 0.29) is 40.1 Å². The third-order valence-corrected chi connectivity index (χ3v) is 7.48. The number of nitrogens with one attached hydrogen (secondary N) is 3. The number of halogens is 2. The lowest BCUT2D eigenvalue weighted by atomic mass is 10.0. The molecule has 0 bridgehead atoms. The largest absolute Gasteiger partial charge is 0.347 e. The molecule has 3 aromatic rings. The fourth-order valence-electron chi connectivity index (χ4n) is 4.87. The first-order chi connectivity index (χ1) is 18.3. The van der Waals surface area contributed by atoms with Gasteiger partial charge in [-0.05, 0) is 62.1 Å². The van der Waals surface area contributed by atoms with Crippen molar-refractivity contribution in [3.63, 3.8) is 0 Å². The lowest BCUT2D eigenvalue weighted by Gasteiger charge is -2.20. The van der Waals surface area contributed by atoms with Gasteiger partial charge in [0.1, 0.15) is 6.07 Å². The van der Waals surface area contributed by atoms with Gasteiger partial charge in [0.05, 0.1) is 33.4 Å². The normalized spacial score (nSPS) is 18.3. The molecule has 2 heterocycles. The Morgan fingerprint density at radius 3 is 2.56 bits per heavy atom. The molecule has 2 unspecified atom stereocenters. The molecular formula is C27H28Cl2N6O4. The summed E-state index contributed by atoms with van der Waals surface area (Å²) in [6, 6.07) is 10.9. The van der Waals surface area contributed by atoms with Gasteiger partial charge in [0.25, 0.3) is 11.5 Å². The number of aryl methyl sites for hydroxylation is 1. The number of carbonyl (C=O) groups is 2. The SMILES string of the molecule is CCn1c(=O)n(CC2CC2)c(=O)c2cc(NC(=O)C3CNCC3NC(=O)c3ccc(C#N)c(Cl)c3)ccc21.Cl. The van der Waals surface area contributed by atoms with Crippen LogP contribution in [0.2, 0.25) is 5.02 Å². The molecule has 3 N–H and O–H groups in total. The Balaban J connectivity index is 0.00000353. The lowest BCUT2D eigenvalue weighted by Crippen LogP contribution is -2.44. The van der Waals surface area contributed by atoms with E-state index in [1.807, 2.05) is 13.0 Å². The summed E-state index contributed by atoms with van der Waals surface area (Å²) in [6.45, 7) is 3.45. The van der Waals surface area contributed by atoms with E-state index in [2.05, 4.69) is 16.0 Å². The smallest absolute Gasteiger partial charge is 0.331 e.